The zero-order valence-electron chi connectivity index (χ0n) is 21.9. The molecule has 4 fully saturated rings. The van der Waals surface area contributed by atoms with E-state index in [1.165, 1.54) is 70.6 Å². The minimum absolute atomic E-state index is 0.565. The van der Waals surface area contributed by atoms with E-state index in [0.717, 1.165) is 35.5 Å². The van der Waals surface area contributed by atoms with Gasteiger partial charge in [-0.3, -0.25) is 0 Å². The molecule has 174 valence electrons. The summed E-state index contributed by atoms with van der Waals surface area (Å²) in [5.41, 5.74) is 2.35. The van der Waals surface area contributed by atoms with Gasteiger partial charge in [-0.05, 0) is 109 Å². The molecule has 0 heteroatoms. The second-order valence-corrected chi connectivity index (χ2v) is 14.5. The molecule has 0 spiro atoms. The molecule has 0 aromatic heterocycles. The van der Waals surface area contributed by atoms with Crippen molar-refractivity contribution in [2.75, 3.05) is 0 Å². The van der Waals surface area contributed by atoms with Gasteiger partial charge in [-0.25, -0.2) is 0 Å². The third-order valence-corrected chi connectivity index (χ3v) is 12.4. The summed E-state index contributed by atoms with van der Waals surface area (Å²) in [7, 11) is 0. The minimum atomic E-state index is 0.565. The number of hydrogen-bond donors (Lipinski definition) is 0. The third-order valence-electron chi connectivity index (χ3n) is 12.4. The fraction of sp³-hybridized carbons (Fsp3) is 1.00. The smallest absolute Gasteiger partial charge is 0.0235 e. The van der Waals surface area contributed by atoms with Crippen LogP contribution in [-0.2, 0) is 0 Å². The Morgan fingerprint density at radius 2 is 1.40 bits per heavy atom. The lowest BCUT2D eigenvalue weighted by Crippen LogP contribution is -2.62. The Morgan fingerprint density at radius 1 is 0.700 bits per heavy atom. The van der Waals surface area contributed by atoms with Gasteiger partial charge in [0.25, 0.3) is 0 Å². The summed E-state index contributed by atoms with van der Waals surface area (Å²) in [6, 6.07) is 0. The average Bonchev–Trinajstić information content (AvgIpc) is 2.99. The first-order valence-electron chi connectivity index (χ1n) is 14.0. The fourth-order valence-electron chi connectivity index (χ4n) is 10.6. The summed E-state index contributed by atoms with van der Waals surface area (Å²) in [6.45, 7) is 20.9. The van der Waals surface area contributed by atoms with Gasteiger partial charge in [0.15, 0.2) is 0 Å². The monoisotopic (exact) mass is 414 g/mol. The summed E-state index contributed by atoms with van der Waals surface area (Å²) >= 11 is 0. The van der Waals surface area contributed by atoms with Crippen LogP contribution in [0.4, 0.5) is 0 Å². The van der Waals surface area contributed by atoms with Gasteiger partial charge in [-0.2, -0.15) is 0 Å². The van der Waals surface area contributed by atoms with Gasteiger partial charge >= 0.3 is 0 Å². The maximum absolute atomic E-state index is 2.79. The van der Waals surface area contributed by atoms with Gasteiger partial charge in [-0.1, -0.05) is 81.1 Å². The molecule has 8 atom stereocenters. The molecule has 1 unspecified atom stereocenters. The highest BCUT2D eigenvalue weighted by Gasteiger charge is 2.67. The van der Waals surface area contributed by atoms with E-state index in [9.17, 15) is 0 Å². The van der Waals surface area contributed by atoms with Crippen molar-refractivity contribution in [3.8, 4) is 0 Å². The Kier molecular flexibility index (Phi) is 6.02. The molecule has 0 aromatic rings. The van der Waals surface area contributed by atoms with Crippen molar-refractivity contribution in [3.63, 3.8) is 0 Å². The van der Waals surface area contributed by atoms with E-state index >= 15 is 0 Å². The second kappa shape index (κ2) is 7.80. The van der Waals surface area contributed by atoms with Gasteiger partial charge in [-0.15, -0.1) is 0 Å². The van der Waals surface area contributed by atoms with E-state index in [0.29, 0.717) is 21.7 Å². The lowest BCUT2D eigenvalue weighted by molar-refractivity contribution is -0.203. The summed E-state index contributed by atoms with van der Waals surface area (Å²) in [4.78, 5) is 0. The first-order chi connectivity index (χ1) is 14.0. The van der Waals surface area contributed by atoms with Crippen LogP contribution in [0.15, 0.2) is 0 Å². The van der Waals surface area contributed by atoms with Crippen molar-refractivity contribution in [2.24, 2.45) is 57.2 Å². The van der Waals surface area contributed by atoms with E-state index in [4.69, 9.17) is 0 Å². The molecule has 0 heterocycles. The molecular formula is C30H54. The Hall–Kier alpha value is 0. The van der Waals surface area contributed by atoms with E-state index in [2.05, 4.69) is 55.4 Å². The Balaban J connectivity index is 1.55. The normalized spacial score (nSPS) is 48.7. The summed E-state index contributed by atoms with van der Waals surface area (Å²) in [6.07, 6.45) is 18.0. The topological polar surface area (TPSA) is 0 Å². The van der Waals surface area contributed by atoms with E-state index < -0.39 is 0 Å². The molecule has 0 saturated heterocycles. The maximum Gasteiger partial charge on any atom is -0.0235 e. The fourth-order valence-corrected chi connectivity index (χ4v) is 10.6. The van der Waals surface area contributed by atoms with Crippen LogP contribution in [0.3, 0.4) is 0 Å². The molecule has 0 nitrogen and oxygen atoms in total. The molecule has 0 aromatic carbocycles. The van der Waals surface area contributed by atoms with Gasteiger partial charge in [0.05, 0.1) is 0 Å². The van der Waals surface area contributed by atoms with Crippen molar-refractivity contribution >= 4 is 0 Å². The number of fused-ring (bicyclic) bond motifs is 5. The van der Waals surface area contributed by atoms with Crippen LogP contribution in [0.5, 0.6) is 0 Å². The molecule has 0 bridgehead atoms. The molecule has 0 amide bonds. The molecule has 30 heavy (non-hydrogen) atoms. The van der Waals surface area contributed by atoms with Crippen LogP contribution < -0.4 is 0 Å². The molecule has 4 aliphatic carbocycles. The lowest BCUT2D eigenvalue weighted by atomic mass is 9.35. The quantitative estimate of drug-likeness (QED) is 0.420. The summed E-state index contributed by atoms with van der Waals surface area (Å²) in [5.74, 6) is 5.76. The van der Waals surface area contributed by atoms with Gasteiger partial charge in [0.1, 0.15) is 0 Å². The standard InChI is InChI=1S/C30H54/c1-21(2)11-9-12-22(3)23-15-19-29(7)24(23)13-14-26-28(6)18-10-17-27(4,5)25(28)16-20-30(26,29)8/h21-26H,9-20H2,1-8H3/t22-,23-,24+,25?,26-,28+,29+,30-/m1/s1. The van der Waals surface area contributed by atoms with Crippen LogP contribution in [0, 0.1) is 57.2 Å². The lowest BCUT2D eigenvalue weighted by Gasteiger charge is -2.69. The predicted molar refractivity (Wildman–Crippen MR) is 131 cm³/mol. The van der Waals surface area contributed by atoms with Crippen molar-refractivity contribution in [3.05, 3.63) is 0 Å². The summed E-state index contributed by atoms with van der Waals surface area (Å²) in [5, 5.41) is 0. The molecule has 4 aliphatic rings. The number of hydrogen-bond acceptors (Lipinski definition) is 0. The first-order valence-corrected chi connectivity index (χ1v) is 14.0. The van der Waals surface area contributed by atoms with Crippen LogP contribution in [0.25, 0.3) is 0 Å². The zero-order valence-corrected chi connectivity index (χ0v) is 21.9. The Bertz CT molecular complexity index is 616. The zero-order chi connectivity index (χ0) is 21.9. The highest BCUT2D eigenvalue weighted by Crippen LogP contribution is 2.75. The molecule has 0 aliphatic heterocycles. The van der Waals surface area contributed by atoms with E-state index in [1.807, 2.05) is 0 Å². The largest absolute Gasteiger partial charge is 0.0628 e. The van der Waals surface area contributed by atoms with Crippen LogP contribution in [0.1, 0.15) is 132 Å². The molecule has 4 rings (SSSR count). The third kappa shape index (κ3) is 3.36. The number of rotatable bonds is 5. The van der Waals surface area contributed by atoms with Crippen LogP contribution >= 0.6 is 0 Å². The minimum Gasteiger partial charge on any atom is -0.0628 e. The first kappa shape index (κ1) is 23.2. The van der Waals surface area contributed by atoms with Crippen molar-refractivity contribution in [2.45, 2.75) is 132 Å². The average molecular weight is 415 g/mol. The summed E-state index contributed by atoms with van der Waals surface area (Å²) < 4.78 is 0. The molecule has 0 radical (unpaired) electrons. The maximum atomic E-state index is 2.79. The van der Waals surface area contributed by atoms with Crippen molar-refractivity contribution in [1.82, 2.24) is 0 Å². The Labute approximate surface area is 189 Å². The highest BCUT2D eigenvalue weighted by atomic mass is 14.7. The van der Waals surface area contributed by atoms with E-state index in [1.54, 1.807) is 6.42 Å². The SMILES string of the molecule is CC(C)CCC[C@@H](C)[C@H]1CC[C@@]2(C)[C@H]1CC[C@@H]1[C@@]3(C)CCCC(C)(C)C3CC[C@]12C. The van der Waals surface area contributed by atoms with Crippen LogP contribution in [-0.4, -0.2) is 0 Å². The Morgan fingerprint density at radius 3 is 2.10 bits per heavy atom. The molecule has 4 saturated carbocycles. The van der Waals surface area contributed by atoms with Crippen LogP contribution in [0.2, 0.25) is 0 Å². The van der Waals surface area contributed by atoms with E-state index in [-0.39, 0.29) is 0 Å². The predicted octanol–water partition coefficient (Wildman–Crippen LogP) is 9.52. The van der Waals surface area contributed by atoms with Gasteiger partial charge < -0.3 is 0 Å². The second-order valence-electron chi connectivity index (χ2n) is 14.5. The molecule has 0 N–H and O–H groups in total. The highest BCUT2D eigenvalue weighted by molar-refractivity contribution is 5.16. The van der Waals surface area contributed by atoms with Crippen molar-refractivity contribution in [1.29, 1.82) is 0 Å². The van der Waals surface area contributed by atoms with Crippen molar-refractivity contribution < 1.29 is 0 Å². The van der Waals surface area contributed by atoms with Gasteiger partial charge in [0.2, 0.25) is 0 Å². The molecular weight excluding hydrogens is 360 g/mol. The van der Waals surface area contributed by atoms with Gasteiger partial charge in [0, 0.05) is 0 Å².